The van der Waals surface area contributed by atoms with E-state index in [4.69, 9.17) is 9.72 Å². The molecule has 0 atom stereocenters. The molecule has 0 spiro atoms. The van der Waals surface area contributed by atoms with Gasteiger partial charge in [0.2, 0.25) is 0 Å². The molecule has 10 heteroatoms. The summed E-state index contributed by atoms with van der Waals surface area (Å²) in [6, 6.07) is 12.1. The first-order valence-electron chi connectivity index (χ1n) is 12.4. The van der Waals surface area contributed by atoms with Crippen LogP contribution in [0.1, 0.15) is 54.9 Å². The molecule has 4 rings (SSSR count). The Morgan fingerprint density at radius 2 is 1.76 bits per heavy atom. The van der Waals surface area contributed by atoms with Crippen molar-refractivity contribution in [2.75, 3.05) is 19.7 Å². The van der Waals surface area contributed by atoms with Gasteiger partial charge in [0.1, 0.15) is 18.1 Å². The van der Waals surface area contributed by atoms with E-state index in [9.17, 15) is 26.7 Å². The summed E-state index contributed by atoms with van der Waals surface area (Å²) in [6.07, 6.45) is -2.75. The minimum absolute atomic E-state index is 0.104. The molecule has 200 valence electrons. The van der Waals surface area contributed by atoms with E-state index in [0.717, 1.165) is 42.0 Å². The molecule has 1 saturated carbocycles. The summed E-state index contributed by atoms with van der Waals surface area (Å²) in [6.45, 7) is 1.33. The van der Waals surface area contributed by atoms with Gasteiger partial charge in [-0.3, -0.25) is 4.79 Å². The van der Waals surface area contributed by atoms with Gasteiger partial charge < -0.3 is 14.2 Å². The molecule has 2 aromatic carbocycles. The smallest absolute Gasteiger partial charge is 0.406 e. The Hall–Kier alpha value is -3.17. The normalized spacial score (nSPS) is 14.2. The van der Waals surface area contributed by atoms with E-state index in [2.05, 4.69) is 4.57 Å². The van der Waals surface area contributed by atoms with Crippen molar-refractivity contribution in [2.45, 2.75) is 58.2 Å². The zero-order valence-corrected chi connectivity index (χ0v) is 20.8. The molecule has 0 bridgehead atoms. The summed E-state index contributed by atoms with van der Waals surface area (Å²) in [5, 5.41) is 0. The monoisotopic (exact) mass is 523 g/mol. The summed E-state index contributed by atoms with van der Waals surface area (Å²) in [5.41, 5.74) is 2.10. The van der Waals surface area contributed by atoms with Crippen LogP contribution in [0.5, 0.6) is 5.75 Å². The molecular formula is C27H30F5N3O2. The van der Waals surface area contributed by atoms with E-state index in [-0.39, 0.29) is 10.5 Å². The van der Waals surface area contributed by atoms with E-state index < -0.39 is 37.5 Å². The van der Waals surface area contributed by atoms with E-state index >= 15 is 0 Å². The molecule has 1 amide bonds. The number of imidazole rings is 1. The number of ether oxygens (including phenoxy) is 1. The van der Waals surface area contributed by atoms with Crippen molar-refractivity contribution in [3.05, 3.63) is 59.4 Å². The third-order valence-corrected chi connectivity index (χ3v) is 6.41. The van der Waals surface area contributed by atoms with Crippen LogP contribution < -0.4 is 4.74 Å². The van der Waals surface area contributed by atoms with Crippen LogP contribution in [0, 0.1) is 5.92 Å². The summed E-state index contributed by atoms with van der Waals surface area (Å²) in [7, 11) is 0. The van der Waals surface area contributed by atoms with E-state index in [0.29, 0.717) is 24.5 Å². The number of carbonyl (C=O) groups excluding carboxylic acids is 1. The zero-order valence-electron chi connectivity index (χ0n) is 20.8. The number of aromatic nitrogens is 2. The highest BCUT2D eigenvalue weighted by Gasteiger charge is 2.39. The van der Waals surface area contributed by atoms with Crippen molar-refractivity contribution < 1.29 is 31.5 Å². The Morgan fingerprint density at radius 3 is 2.35 bits per heavy atom. The maximum Gasteiger partial charge on any atom is 0.406 e. The molecule has 1 aromatic heterocycles. The van der Waals surface area contributed by atoms with E-state index in [1.165, 1.54) is 19.1 Å². The number of fused-ring (bicyclic) bond motifs is 1. The number of halogens is 5. The summed E-state index contributed by atoms with van der Waals surface area (Å²) in [5.74, 6) is -2.48. The summed E-state index contributed by atoms with van der Waals surface area (Å²) >= 11 is 0. The van der Waals surface area contributed by atoms with Gasteiger partial charge in [-0.15, -0.1) is 0 Å². The molecule has 0 unspecified atom stereocenters. The van der Waals surface area contributed by atoms with Crippen LogP contribution in [-0.2, 0) is 13.0 Å². The van der Waals surface area contributed by atoms with Gasteiger partial charge in [-0.1, -0.05) is 19.1 Å². The predicted molar refractivity (Wildman–Crippen MR) is 130 cm³/mol. The molecular weight excluding hydrogens is 493 g/mol. The van der Waals surface area contributed by atoms with Gasteiger partial charge >= 0.3 is 6.18 Å². The van der Waals surface area contributed by atoms with Crippen molar-refractivity contribution in [1.29, 1.82) is 0 Å². The summed E-state index contributed by atoms with van der Waals surface area (Å²) < 4.78 is 74.9. The molecule has 1 aliphatic rings. The predicted octanol–water partition coefficient (Wildman–Crippen LogP) is 6.49. The van der Waals surface area contributed by atoms with Crippen LogP contribution in [-0.4, -0.2) is 52.2 Å². The van der Waals surface area contributed by atoms with Crippen molar-refractivity contribution in [1.82, 2.24) is 14.5 Å². The van der Waals surface area contributed by atoms with Gasteiger partial charge in [-0.05, 0) is 61.6 Å². The Balaban J connectivity index is 1.65. The van der Waals surface area contributed by atoms with Gasteiger partial charge in [0.05, 0.1) is 24.2 Å². The lowest BCUT2D eigenvalue weighted by Gasteiger charge is -2.27. The summed E-state index contributed by atoms with van der Waals surface area (Å²) in [4.78, 5) is 17.8. The van der Waals surface area contributed by atoms with E-state index in [1.54, 1.807) is 6.07 Å². The van der Waals surface area contributed by atoms with Gasteiger partial charge in [0.15, 0.2) is 0 Å². The Kier molecular flexibility index (Phi) is 7.75. The Morgan fingerprint density at radius 1 is 1.05 bits per heavy atom. The Bertz CT molecular complexity index is 1230. The lowest BCUT2D eigenvalue weighted by molar-refractivity contribution is -0.148. The molecule has 1 fully saturated rings. The molecule has 0 saturated heterocycles. The lowest BCUT2D eigenvalue weighted by Crippen LogP contribution is -2.45. The van der Waals surface area contributed by atoms with Gasteiger partial charge in [-0.2, -0.15) is 13.2 Å². The second kappa shape index (κ2) is 10.7. The second-order valence-corrected chi connectivity index (χ2v) is 9.53. The number of nitrogens with zero attached hydrogens (tertiary/aromatic N) is 3. The first-order chi connectivity index (χ1) is 17.5. The molecule has 0 aliphatic heterocycles. The third kappa shape index (κ3) is 6.99. The Labute approximate surface area is 212 Å². The number of rotatable bonds is 11. The fourth-order valence-electron chi connectivity index (χ4n) is 4.25. The minimum atomic E-state index is -4.81. The molecule has 5 nitrogen and oxygen atoms in total. The third-order valence-electron chi connectivity index (χ3n) is 6.41. The fraction of sp³-hybridized carbons (Fsp3) is 0.481. The van der Waals surface area contributed by atoms with Crippen molar-refractivity contribution in [2.24, 2.45) is 5.92 Å². The topological polar surface area (TPSA) is 47.4 Å². The van der Waals surface area contributed by atoms with Gasteiger partial charge in [-0.25, -0.2) is 13.8 Å². The number of amides is 1. The molecule has 3 aromatic rings. The minimum Gasteiger partial charge on any atom is -0.494 e. The molecule has 0 N–H and O–H groups in total. The van der Waals surface area contributed by atoms with Crippen LogP contribution in [0.4, 0.5) is 22.0 Å². The van der Waals surface area contributed by atoms with Crippen LogP contribution in [0.3, 0.4) is 0 Å². The maximum absolute atomic E-state index is 14.0. The van der Waals surface area contributed by atoms with Gasteiger partial charge in [0, 0.05) is 24.9 Å². The first kappa shape index (κ1) is 26.9. The second-order valence-electron chi connectivity index (χ2n) is 9.53. The molecule has 1 aliphatic carbocycles. The number of carbonyl (C=O) groups is 1. The van der Waals surface area contributed by atoms with Crippen LogP contribution in [0.2, 0.25) is 0 Å². The first-order valence-corrected chi connectivity index (χ1v) is 12.4. The maximum atomic E-state index is 14.0. The number of hydrogen-bond donors (Lipinski definition) is 0. The van der Waals surface area contributed by atoms with Crippen LogP contribution in [0.25, 0.3) is 11.0 Å². The number of benzene rings is 2. The standard InChI is InChI=1S/C27H30F5N3O2/c1-3-26(28,29)16-34(17-27(30,31)32)25(36)20-9-12-23-22(14-20)33-24(35(23)15-19-5-6-19)13-18-7-10-21(11-8-18)37-4-2/h7-12,14,19H,3-6,13,15-17H2,1-2H3. The zero-order chi connectivity index (χ0) is 26.8. The number of hydrogen-bond acceptors (Lipinski definition) is 3. The van der Waals surface area contributed by atoms with E-state index in [1.807, 2.05) is 31.2 Å². The largest absolute Gasteiger partial charge is 0.494 e. The fourth-order valence-corrected chi connectivity index (χ4v) is 4.25. The average Bonchev–Trinajstić information content (AvgIpc) is 3.60. The molecule has 37 heavy (non-hydrogen) atoms. The van der Waals surface area contributed by atoms with Crippen molar-refractivity contribution in [3.63, 3.8) is 0 Å². The van der Waals surface area contributed by atoms with Crippen molar-refractivity contribution >= 4 is 16.9 Å². The van der Waals surface area contributed by atoms with Gasteiger partial charge in [0.25, 0.3) is 11.8 Å². The lowest BCUT2D eigenvalue weighted by atomic mass is 10.1. The van der Waals surface area contributed by atoms with Crippen LogP contribution >= 0.6 is 0 Å². The molecule has 0 radical (unpaired) electrons. The van der Waals surface area contributed by atoms with Crippen molar-refractivity contribution in [3.8, 4) is 5.75 Å². The molecule has 1 heterocycles. The van der Waals surface area contributed by atoms with Crippen LogP contribution in [0.15, 0.2) is 42.5 Å². The highest BCUT2D eigenvalue weighted by Crippen LogP contribution is 2.33. The quantitative estimate of drug-likeness (QED) is 0.270. The average molecular weight is 524 g/mol. The highest BCUT2D eigenvalue weighted by molar-refractivity contribution is 5.97. The SMILES string of the molecule is CCOc1ccc(Cc2nc3cc(C(=O)N(CC(F)(F)F)CC(F)(F)CC)ccc3n2CC2CC2)cc1. The number of alkyl halides is 5. The highest BCUT2D eigenvalue weighted by atomic mass is 19.4.